The standard InChI is InChI=1S/C15H18ClNOS.ClH/c1-4-17(5-2)9-13(18)15-10(3)12-8-11(16)6-7-14(12)19-15;/h6-8H,4-5,9H2,1-3H3;1H/p-1. The third kappa shape index (κ3) is 3.53. The Hall–Kier alpha value is -0.610. The Kier molecular flexibility index (Phi) is 6.46. The normalized spacial score (nSPS) is 10.8. The summed E-state index contributed by atoms with van der Waals surface area (Å²) in [6.07, 6.45) is 0. The van der Waals surface area contributed by atoms with Crippen LogP contribution < -0.4 is 12.4 Å². The molecule has 0 spiro atoms. The summed E-state index contributed by atoms with van der Waals surface area (Å²) in [7, 11) is 0. The summed E-state index contributed by atoms with van der Waals surface area (Å²) >= 11 is 7.59. The molecule has 0 amide bonds. The number of fused-ring (bicyclic) bond motifs is 1. The Bertz CT molecular complexity index is 605. The Labute approximate surface area is 135 Å². The molecule has 0 unspecified atom stereocenters. The van der Waals surface area contributed by atoms with Crippen molar-refractivity contribution in [1.29, 1.82) is 0 Å². The lowest BCUT2D eigenvalue weighted by atomic mass is 10.1. The van der Waals surface area contributed by atoms with Crippen LogP contribution in [0.4, 0.5) is 0 Å². The number of ketones is 1. The van der Waals surface area contributed by atoms with Crippen LogP contribution in [0.2, 0.25) is 5.02 Å². The van der Waals surface area contributed by atoms with Gasteiger partial charge in [-0.25, -0.2) is 0 Å². The molecule has 0 fully saturated rings. The Morgan fingerprint density at radius 3 is 2.55 bits per heavy atom. The predicted octanol–water partition coefficient (Wildman–Crippen LogP) is 1.39. The van der Waals surface area contributed by atoms with Crippen LogP contribution in [0.3, 0.4) is 0 Å². The van der Waals surface area contributed by atoms with Crippen LogP contribution >= 0.6 is 22.9 Å². The summed E-state index contributed by atoms with van der Waals surface area (Å²) in [6.45, 7) is 8.46. The van der Waals surface area contributed by atoms with Gasteiger partial charge in [-0.15, -0.1) is 11.3 Å². The predicted molar refractivity (Wildman–Crippen MR) is 83.7 cm³/mol. The molecule has 20 heavy (non-hydrogen) atoms. The summed E-state index contributed by atoms with van der Waals surface area (Å²) in [5.74, 6) is 0.207. The molecule has 0 N–H and O–H groups in total. The van der Waals surface area contributed by atoms with Gasteiger partial charge in [-0.1, -0.05) is 25.4 Å². The van der Waals surface area contributed by atoms with Crippen molar-refractivity contribution in [1.82, 2.24) is 4.90 Å². The molecule has 2 rings (SSSR count). The van der Waals surface area contributed by atoms with Gasteiger partial charge in [-0.2, -0.15) is 0 Å². The zero-order valence-corrected chi connectivity index (χ0v) is 14.2. The number of rotatable bonds is 5. The van der Waals surface area contributed by atoms with Crippen molar-refractivity contribution < 1.29 is 17.2 Å². The molecule has 1 aromatic heterocycles. The monoisotopic (exact) mass is 330 g/mol. The van der Waals surface area contributed by atoms with Crippen molar-refractivity contribution >= 4 is 38.8 Å². The number of thiophene rings is 1. The van der Waals surface area contributed by atoms with Gasteiger partial charge in [0.05, 0.1) is 11.4 Å². The minimum Gasteiger partial charge on any atom is -1.00 e. The fourth-order valence-corrected chi connectivity index (χ4v) is 3.47. The maximum Gasteiger partial charge on any atom is 0.187 e. The van der Waals surface area contributed by atoms with E-state index in [0.29, 0.717) is 6.54 Å². The van der Waals surface area contributed by atoms with Gasteiger partial charge >= 0.3 is 0 Å². The van der Waals surface area contributed by atoms with Crippen LogP contribution in [0.5, 0.6) is 0 Å². The molecule has 0 bridgehead atoms. The van der Waals surface area contributed by atoms with Crippen molar-refractivity contribution in [2.45, 2.75) is 20.8 Å². The molecular weight excluding hydrogens is 313 g/mol. The fraction of sp³-hybridized carbons (Fsp3) is 0.400. The van der Waals surface area contributed by atoms with Crippen LogP contribution in [0.1, 0.15) is 29.1 Å². The van der Waals surface area contributed by atoms with E-state index in [9.17, 15) is 4.79 Å². The van der Waals surface area contributed by atoms with Gasteiger partial charge in [0.2, 0.25) is 0 Å². The summed E-state index contributed by atoms with van der Waals surface area (Å²) in [4.78, 5) is 15.4. The van der Waals surface area contributed by atoms with Gasteiger partial charge in [0, 0.05) is 9.72 Å². The summed E-state index contributed by atoms with van der Waals surface area (Å²) in [5, 5.41) is 1.82. The summed E-state index contributed by atoms with van der Waals surface area (Å²) in [6, 6.07) is 5.80. The third-order valence-electron chi connectivity index (χ3n) is 3.41. The largest absolute Gasteiger partial charge is 1.00 e. The first kappa shape index (κ1) is 17.4. The van der Waals surface area contributed by atoms with Crippen molar-refractivity contribution in [3.63, 3.8) is 0 Å². The van der Waals surface area contributed by atoms with Crippen molar-refractivity contribution in [3.8, 4) is 0 Å². The minimum absolute atomic E-state index is 0. The second-order valence-electron chi connectivity index (χ2n) is 4.58. The number of hydrogen-bond acceptors (Lipinski definition) is 3. The molecule has 0 saturated carbocycles. The first-order valence-electron chi connectivity index (χ1n) is 6.51. The van der Waals surface area contributed by atoms with Gasteiger partial charge in [0.1, 0.15) is 0 Å². The molecule has 0 aliphatic carbocycles. The van der Waals surface area contributed by atoms with E-state index in [1.807, 2.05) is 25.1 Å². The second-order valence-corrected chi connectivity index (χ2v) is 6.07. The zero-order valence-electron chi connectivity index (χ0n) is 11.9. The van der Waals surface area contributed by atoms with Gasteiger partial charge in [0.15, 0.2) is 5.78 Å². The quantitative estimate of drug-likeness (QED) is 0.772. The number of halogens is 2. The van der Waals surface area contributed by atoms with E-state index in [-0.39, 0.29) is 18.2 Å². The van der Waals surface area contributed by atoms with Crippen LogP contribution in [-0.4, -0.2) is 30.3 Å². The van der Waals surface area contributed by atoms with E-state index in [0.717, 1.165) is 38.6 Å². The summed E-state index contributed by atoms with van der Waals surface area (Å²) < 4.78 is 1.13. The van der Waals surface area contributed by atoms with Gasteiger partial charge < -0.3 is 12.4 Å². The first-order valence-corrected chi connectivity index (χ1v) is 7.70. The van der Waals surface area contributed by atoms with E-state index < -0.39 is 0 Å². The average molecular weight is 331 g/mol. The SMILES string of the molecule is CCN(CC)CC(=O)c1sc2ccc(Cl)cc2c1C.[Cl-]. The second kappa shape index (κ2) is 7.41. The number of nitrogens with zero attached hydrogens (tertiary/aromatic N) is 1. The Balaban J connectivity index is 0.00000200. The number of hydrogen-bond donors (Lipinski definition) is 0. The number of benzene rings is 1. The maximum atomic E-state index is 12.4. The topological polar surface area (TPSA) is 20.3 Å². The fourth-order valence-electron chi connectivity index (χ4n) is 2.18. The number of aryl methyl sites for hydroxylation is 1. The number of likely N-dealkylation sites (N-methyl/N-ethyl adjacent to an activating group) is 1. The highest BCUT2D eigenvalue weighted by molar-refractivity contribution is 7.21. The lowest BCUT2D eigenvalue weighted by molar-refractivity contribution is -0.0000119. The maximum absolute atomic E-state index is 12.4. The van der Waals surface area contributed by atoms with Gasteiger partial charge in [0.25, 0.3) is 0 Å². The smallest absolute Gasteiger partial charge is 0.187 e. The molecule has 0 atom stereocenters. The molecule has 110 valence electrons. The molecule has 5 heteroatoms. The lowest BCUT2D eigenvalue weighted by Crippen LogP contribution is -3.00. The highest BCUT2D eigenvalue weighted by atomic mass is 35.5. The van der Waals surface area contributed by atoms with Crippen LogP contribution in [-0.2, 0) is 0 Å². The molecule has 2 nitrogen and oxygen atoms in total. The molecule has 2 aromatic rings. The van der Waals surface area contributed by atoms with Crippen molar-refractivity contribution in [2.75, 3.05) is 19.6 Å². The number of Topliss-reactive ketones (excluding diaryl/α,β-unsaturated/α-hetero) is 1. The number of carbonyl (C=O) groups is 1. The van der Waals surface area contributed by atoms with E-state index in [4.69, 9.17) is 11.6 Å². The first-order chi connectivity index (χ1) is 9.06. The molecule has 1 aromatic carbocycles. The molecule has 0 saturated heterocycles. The van der Waals surface area contributed by atoms with Crippen molar-refractivity contribution in [2.24, 2.45) is 0 Å². The van der Waals surface area contributed by atoms with E-state index >= 15 is 0 Å². The number of carbonyl (C=O) groups excluding carboxylic acids is 1. The summed E-state index contributed by atoms with van der Waals surface area (Å²) in [5.41, 5.74) is 1.06. The van der Waals surface area contributed by atoms with Crippen LogP contribution in [0.15, 0.2) is 18.2 Å². The van der Waals surface area contributed by atoms with Crippen molar-refractivity contribution in [3.05, 3.63) is 33.7 Å². The van der Waals surface area contributed by atoms with Gasteiger partial charge in [-0.3, -0.25) is 9.69 Å². The molecular formula is C15H18Cl2NOS-. The van der Waals surface area contributed by atoms with Crippen LogP contribution in [0.25, 0.3) is 10.1 Å². The van der Waals surface area contributed by atoms with Gasteiger partial charge in [-0.05, 0) is 49.2 Å². The highest BCUT2D eigenvalue weighted by Gasteiger charge is 2.17. The Morgan fingerprint density at radius 1 is 1.30 bits per heavy atom. The molecule has 0 aliphatic rings. The third-order valence-corrected chi connectivity index (χ3v) is 4.96. The minimum atomic E-state index is 0. The Morgan fingerprint density at radius 2 is 1.95 bits per heavy atom. The van der Waals surface area contributed by atoms with E-state index in [1.165, 1.54) is 0 Å². The average Bonchev–Trinajstić information content (AvgIpc) is 2.73. The highest BCUT2D eigenvalue weighted by Crippen LogP contribution is 2.33. The van der Waals surface area contributed by atoms with E-state index in [2.05, 4.69) is 18.7 Å². The lowest BCUT2D eigenvalue weighted by Gasteiger charge is -2.16. The zero-order chi connectivity index (χ0) is 14.0. The molecule has 0 radical (unpaired) electrons. The van der Waals surface area contributed by atoms with Crippen LogP contribution in [0, 0.1) is 6.92 Å². The molecule has 1 heterocycles. The molecule has 0 aliphatic heterocycles. The van der Waals surface area contributed by atoms with E-state index in [1.54, 1.807) is 11.3 Å².